The van der Waals surface area contributed by atoms with Crippen molar-refractivity contribution in [3.8, 4) is 0 Å². The molecule has 99 heavy (non-hydrogen) atoms. The lowest BCUT2D eigenvalue weighted by Crippen LogP contribution is -2.66. The lowest BCUT2D eigenvalue weighted by molar-refractivity contribution is -0.390. The van der Waals surface area contributed by atoms with E-state index in [1.54, 1.807) is 12.2 Å². The fourth-order valence-electron chi connectivity index (χ4n) is 15.5. The minimum absolute atomic E-state index is 0.00611. The molecule has 0 spiro atoms. The summed E-state index contributed by atoms with van der Waals surface area (Å²) in [6.07, 6.45) is -31.6. The first kappa shape index (κ1) is 78.1. The monoisotopic (exact) mass is 1420 g/mol. The Morgan fingerprint density at radius 3 is 1.29 bits per heavy atom. The van der Waals surface area contributed by atoms with Gasteiger partial charge in [0.25, 0.3) is 0 Å². The molecule has 33 heteroatoms. The second-order valence-electron chi connectivity index (χ2n) is 28.6. The van der Waals surface area contributed by atoms with Gasteiger partial charge in [-0.3, -0.25) is 0 Å². The number of aliphatic hydroxyl groups is 20. The first-order valence-corrected chi connectivity index (χ1v) is 34.9. The maximum absolute atomic E-state index is 13.6. The number of carbonyl (C=O) groups excluding carboxylic acids is 3. The molecule has 19 N–H and O–H groups in total. The predicted octanol–water partition coefficient (Wildman–Crippen LogP) is -6.09. The molecule has 0 aromatic carbocycles. The minimum atomic E-state index is -2.10. The summed E-state index contributed by atoms with van der Waals surface area (Å²) in [5, 5.41) is 196. The molecule has 33 nitrogen and oxygen atoms in total. The van der Waals surface area contributed by atoms with E-state index < -0.39 is 246 Å². The molecule has 5 aliphatic heterocycles. The summed E-state index contributed by atoms with van der Waals surface area (Å²) in [6.45, 7) is -2.73. The van der Waals surface area contributed by atoms with Crippen molar-refractivity contribution >= 4 is 17.9 Å². The van der Waals surface area contributed by atoms with Gasteiger partial charge < -0.3 is 149 Å². The third-order valence-electron chi connectivity index (χ3n) is 21.6. The van der Waals surface area contributed by atoms with Crippen LogP contribution in [-0.2, 0) is 66.5 Å². The molecular formula is C66H103O33+. The zero-order valence-corrected chi connectivity index (χ0v) is 54.8. The Balaban J connectivity index is 0.818. The smallest absolute Gasteiger partial charge is 0.330 e. The number of hydrogen-bond acceptors (Lipinski definition) is 32. The summed E-state index contributed by atoms with van der Waals surface area (Å²) < 4.78 is 70.5. The second-order valence-corrected chi connectivity index (χ2v) is 28.6. The Morgan fingerprint density at radius 1 is 0.364 bits per heavy atom. The summed E-state index contributed by atoms with van der Waals surface area (Å²) in [4.78, 5) is 39.0. The average molecular weight is 1420 g/mol. The van der Waals surface area contributed by atoms with Gasteiger partial charge in [-0.15, -0.1) is 0 Å². The molecule has 5 saturated heterocycles. The van der Waals surface area contributed by atoms with Gasteiger partial charge in [-0.2, -0.15) is 0 Å². The third kappa shape index (κ3) is 19.7. The lowest BCUT2D eigenvalue weighted by Gasteiger charge is -2.50. The predicted molar refractivity (Wildman–Crippen MR) is 329 cm³/mol. The van der Waals surface area contributed by atoms with E-state index >= 15 is 0 Å². The van der Waals surface area contributed by atoms with Crippen LogP contribution < -0.4 is 0 Å². The Labute approximate surface area is 570 Å². The van der Waals surface area contributed by atoms with Crippen molar-refractivity contribution in [2.45, 2.75) is 299 Å². The number of allylic oxidation sites excluding steroid dienone is 3. The molecule has 564 valence electrons. The van der Waals surface area contributed by atoms with Gasteiger partial charge in [-0.05, 0) is 114 Å². The van der Waals surface area contributed by atoms with Crippen LogP contribution in [0.2, 0.25) is 0 Å². The Bertz CT molecular complexity index is 2640. The number of fused-ring (bicyclic) bond motifs is 1. The summed E-state index contributed by atoms with van der Waals surface area (Å²) in [5.74, 6) is -4.21. The molecule has 0 amide bonds. The van der Waals surface area contributed by atoms with Gasteiger partial charge in [-0.1, -0.05) is 18.2 Å². The number of hydrogen-bond donors (Lipinski definition) is 18. The average Bonchev–Trinajstić information content (AvgIpc) is 0.777. The third-order valence-corrected chi connectivity index (χ3v) is 21.6. The van der Waals surface area contributed by atoms with E-state index in [0.29, 0.717) is 64.2 Å². The van der Waals surface area contributed by atoms with Gasteiger partial charge >= 0.3 is 17.9 Å². The first-order chi connectivity index (χ1) is 47.2. The molecule has 32 atom stereocenters. The molecule has 10 fully saturated rings. The number of esters is 3. The van der Waals surface area contributed by atoms with Crippen molar-refractivity contribution < 1.29 is 163 Å². The van der Waals surface area contributed by atoms with E-state index in [9.17, 15) is 106 Å². The molecule has 0 bridgehead atoms. The fraction of sp³-hybridized carbons (Fsp3) is 0.864. The van der Waals surface area contributed by atoms with E-state index in [4.69, 9.17) is 56.8 Å². The second kappa shape index (κ2) is 35.6. The highest BCUT2D eigenvalue weighted by Crippen LogP contribution is 2.45. The van der Waals surface area contributed by atoms with Crippen molar-refractivity contribution in [2.75, 3.05) is 26.4 Å². The number of carbonyl (C=O) groups is 3. The van der Waals surface area contributed by atoms with Crippen LogP contribution in [0.25, 0.3) is 0 Å². The number of ether oxygens (including phenoxy) is 12. The SMILES string of the molecule is O=C(C=CC1CCC(O)CC1)OC[C@@H]1O[C@H](O[C@H]2[C@H](OC3CC4C(O[C@@H]5O[C@H](CO)[C@H](O)[C@@H](O)[C@@H]5O)CC(O)CC4[OH+]C3C3CCC(O)C(O)C3)O[C@H](COC(=O)C=CC3CCC(O[C@@H]4O[C@@H](COC(=O)C=CC5CCC(O)CC5)[C@H](O)[C@@H](O)[C@@H]4O)C(O)C3)[C@H](O)[C@H]2O)[C@@H](O)[C@@H](O)[C@H]1O. The minimum Gasteiger partial charge on any atom is -0.460 e. The summed E-state index contributed by atoms with van der Waals surface area (Å²) in [6, 6.07) is 0. The van der Waals surface area contributed by atoms with Gasteiger partial charge in [-0.25, -0.2) is 14.4 Å². The molecule has 5 heterocycles. The van der Waals surface area contributed by atoms with E-state index in [0.717, 1.165) is 6.08 Å². The van der Waals surface area contributed by atoms with Crippen LogP contribution in [0.4, 0.5) is 0 Å². The van der Waals surface area contributed by atoms with Crippen LogP contribution in [0, 0.1) is 29.6 Å². The molecule has 10 rings (SSSR count). The highest BCUT2D eigenvalue weighted by Gasteiger charge is 2.59. The Kier molecular flexibility index (Phi) is 28.1. The van der Waals surface area contributed by atoms with Crippen molar-refractivity contribution in [1.82, 2.24) is 0 Å². The van der Waals surface area contributed by atoms with Gasteiger partial charge in [0.1, 0.15) is 124 Å². The highest BCUT2D eigenvalue weighted by atomic mass is 16.8. The van der Waals surface area contributed by atoms with Gasteiger partial charge in [0.15, 0.2) is 37.4 Å². The van der Waals surface area contributed by atoms with E-state index in [1.807, 2.05) is 0 Å². The van der Waals surface area contributed by atoms with Crippen LogP contribution >= 0.6 is 0 Å². The van der Waals surface area contributed by atoms with E-state index in [1.165, 1.54) is 18.2 Å². The molecule has 5 aliphatic carbocycles. The largest absolute Gasteiger partial charge is 0.460 e. The Morgan fingerprint density at radius 2 is 0.798 bits per heavy atom. The van der Waals surface area contributed by atoms with Gasteiger partial charge in [0.2, 0.25) is 0 Å². The number of aliphatic hydroxyl groups excluding tert-OH is 18. The fourth-order valence-corrected chi connectivity index (χ4v) is 15.5. The quantitative estimate of drug-likeness (QED) is 0.0208. The summed E-state index contributed by atoms with van der Waals surface area (Å²) in [7, 11) is 0. The summed E-state index contributed by atoms with van der Waals surface area (Å²) >= 11 is 0. The molecule has 5 saturated carbocycles. The van der Waals surface area contributed by atoms with Crippen molar-refractivity contribution in [2.24, 2.45) is 29.6 Å². The maximum Gasteiger partial charge on any atom is 0.330 e. The van der Waals surface area contributed by atoms with Gasteiger partial charge in [0.05, 0.1) is 61.4 Å². The van der Waals surface area contributed by atoms with Crippen LogP contribution in [0.3, 0.4) is 0 Å². The zero-order valence-electron chi connectivity index (χ0n) is 54.8. The molecule has 12 unspecified atom stereocenters. The highest BCUT2D eigenvalue weighted by molar-refractivity contribution is 5.82. The van der Waals surface area contributed by atoms with Crippen LogP contribution in [0.1, 0.15) is 109 Å². The number of rotatable bonds is 22. The maximum atomic E-state index is 13.6. The van der Waals surface area contributed by atoms with Crippen molar-refractivity contribution in [1.29, 1.82) is 0 Å². The normalized spacial score (nSPS) is 47.9. The Hall–Kier alpha value is -3.45. The van der Waals surface area contributed by atoms with Crippen LogP contribution in [0.5, 0.6) is 0 Å². The molecule has 0 aromatic heterocycles. The molecule has 0 aromatic rings. The standard InChI is InChI=1S/C66H102O33/c67-24-43-50(77)54(81)58(85)64(95-43)93-41-22-34(70)21-40-35(41)23-42(61(91-40)31-9-14-36(71)37(72)20-31)94-66-62(99-65-60(87)56(83)52(79)45(97-65)26-89-48(75)17-7-29-3-12-33(69)13-4-29)57(84)53(80)46(98-66)27-90-49(76)18-8-30-5-15-39(38(73)19-30)92-63-59(86)55(82)51(78)44(96-63)25-88-47(74)16-6-28-1-10-32(68)11-2-28/h6-8,16-18,28-46,50-73,77-87H,1-5,9-15,19-27H2/p+1/t28?,29?,30?,31?,32?,33?,34?,35?,36?,37?,38?,39?,40?,41?,42?,43-,44+,45+,46-,50+,51+,52+,53+,54-,55-,56+,57-,58+,59+,60+,61?,62-,63-,64-,65-,66-/m1/s1. The molecular weight excluding hydrogens is 1320 g/mol. The van der Waals surface area contributed by atoms with Crippen molar-refractivity contribution in [3.63, 3.8) is 0 Å². The van der Waals surface area contributed by atoms with Gasteiger partial charge in [0, 0.05) is 37.0 Å². The van der Waals surface area contributed by atoms with Crippen LogP contribution in [-0.4, -0.2) is 331 Å². The summed E-state index contributed by atoms with van der Waals surface area (Å²) in [5.41, 5.74) is 0. The van der Waals surface area contributed by atoms with E-state index in [2.05, 4.69) is 0 Å². The zero-order chi connectivity index (χ0) is 71.1. The lowest BCUT2D eigenvalue weighted by atomic mass is 9.72. The first-order valence-electron chi connectivity index (χ1n) is 34.9. The van der Waals surface area contributed by atoms with E-state index in [-0.39, 0.29) is 62.9 Å². The topological polar surface area (TPSA) is 530 Å². The molecule has 10 aliphatic rings. The van der Waals surface area contributed by atoms with Crippen LogP contribution in [0.15, 0.2) is 36.5 Å². The van der Waals surface area contributed by atoms with Crippen molar-refractivity contribution in [3.05, 3.63) is 36.5 Å². The molecule has 0 radical (unpaired) electrons.